The molecule has 0 radical (unpaired) electrons. The Morgan fingerprint density at radius 2 is 1.83 bits per heavy atom. The maximum absolute atomic E-state index is 11.0. The first-order valence-electron chi connectivity index (χ1n) is 7.44. The highest BCUT2D eigenvalue weighted by atomic mass is 16.5. The van der Waals surface area contributed by atoms with Crippen molar-refractivity contribution in [1.29, 1.82) is 0 Å². The molecule has 2 unspecified atom stereocenters. The summed E-state index contributed by atoms with van der Waals surface area (Å²) in [6.45, 7) is -0.281. The molecular weight excluding hydrogens is 304 g/mol. The fourth-order valence-electron chi connectivity index (χ4n) is 3.14. The molecule has 128 valence electrons. The van der Waals surface area contributed by atoms with Gasteiger partial charge in [0.25, 0.3) is 0 Å². The van der Waals surface area contributed by atoms with Gasteiger partial charge in [0.1, 0.15) is 11.9 Å². The van der Waals surface area contributed by atoms with Gasteiger partial charge in [-0.25, -0.2) is 4.79 Å². The minimum absolute atomic E-state index is 0.0958. The molecule has 0 saturated heterocycles. The topological polar surface area (TPSA) is 127 Å². The van der Waals surface area contributed by atoms with Crippen LogP contribution in [0.25, 0.3) is 0 Å². The van der Waals surface area contributed by atoms with Gasteiger partial charge in [-0.1, -0.05) is 6.07 Å². The van der Waals surface area contributed by atoms with E-state index in [1.807, 2.05) is 0 Å². The van der Waals surface area contributed by atoms with Gasteiger partial charge in [0, 0.05) is 12.5 Å². The molecule has 0 heterocycles. The van der Waals surface area contributed by atoms with E-state index in [9.17, 15) is 25.2 Å². The first kappa shape index (κ1) is 17.7. The zero-order valence-corrected chi connectivity index (χ0v) is 12.8. The lowest BCUT2D eigenvalue weighted by atomic mass is 9.73. The lowest BCUT2D eigenvalue weighted by Crippen LogP contribution is -2.52. The summed E-state index contributed by atoms with van der Waals surface area (Å²) in [5.74, 6) is -1.57. The summed E-state index contributed by atoms with van der Waals surface area (Å²) in [4.78, 5) is 11.0. The molecule has 1 saturated carbocycles. The van der Waals surface area contributed by atoms with Crippen LogP contribution < -0.4 is 4.74 Å². The molecule has 0 aliphatic heterocycles. The molecule has 1 aliphatic carbocycles. The van der Waals surface area contributed by atoms with Crippen LogP contribution in [0.3, 0.4) is 0 Å². The number of benzene rings is 1. The molecule has 0 bridgehead atoms. The monoisotopic (exact) mass is 326 g/mol. The van der Waals surface area contributed by atoms with Gasteiger partial charge in [0.15, 0.2) is 0 Å². The van der Waals surface area contributed by atoms with Crippen molar-refractivity contribution < 1.29 is 35.1 Å². The van der Waals surface area contributed by atoms with Gasteiger partial charge in [-0.2, -0.15) is 0 Å². The van der Waals surface area contributed by atoms with Crippen molar-refractivity contribution in [2.24, 2.45) is 11.8 Å². The fraction of sp³-hybridized carbons (Fsp3) is 0.562. The lowest BCUT2D eigenvalue weighted by molar-refractivity contribution is -0.141. The number of hydrogen-bond donors (Lipinski definition) is 5. The van der Waals surface area contributed by atoms with Gasteiger partial charge in [0.2, 0.25) is 0 Å². The van der Waals surface area contributed by atoms with Crippen molar-refractivity contribution in [1.82, 2.24) is 0 Å². The SMILES string of the molecule is COc1cc(C(=O)O)ccc1C[C@@H]1CC(CO)[C@@H](O)[C@@H](O)C1O. The second-order valence-electron chi connectivity index (χ2n) is 5.95. The molecule has 5 atom stereocenters. The molecule has 7 heteroatoms. The van der Waals surface area contributed by atoms with Crippen molar-refractivity contribution in [3.05, 3.63) is 29.3 Å². The molecular formula is C16H22O7. The van der Waals surface area contributed by atoms with Crippen LogP contribution in [-0.4, -0.2) is 63.5 Å². The third-order valence-corrected chi connectivity index (χ3v) is 4.52. The maximum Gasteiger partial charge on any atom is 0.335 e. The van der Waals surface area contributed by atoms with Crippen LogP contribution in [0.1, 0.15) is 22.3 Å². The highest BCUT2D eigenvalue weighted by Gasteiger charge is 2.42. The summed E-state index contributed by atoms with van der Waals surface area (Å²) in [7, 11) is 1.43. The van der Waals surface area contributed by atoms with Crippen molar-refractivity contribution in [2.45, 2.75) is 31.2 Å². The van der Waals surface area contributed by atoms with Crippen LogP contribution >= 0.6 is 0 Å². The van der Waals surface area contributed by atoms with E-state index in [-0.39, 0.29) is 18.1 Å². The molecule has 2 rings (SSSR count). The third kappa shape index (κ3) is 3.64. The molecule has 1 aromatic carbocycles. The molecule has 0 spiro atoms. The zero-order valence-electron chi connectivity index (χ0n) is 12.8. The number of carboxylic acids is 1. The van der Waals surface area contributed by atoms with E-state index in [1.54, 1.807) is 6.07 Å². The summed E-state index contributed by atoms with van der Waals surface area (Å²) in [6, 6.07) is 4.46. The van der Waals surface area contributed by atoms with Crippen molar-refractivity contribution in [3.63, 3.8) is 0 Å². The summed E-state index contributed by atoms with van der Waals surface area (Å²) in [5, 5.41) is 48.2. The van der Waals surface area contributed by atoms with E-state index in [4.69, 9.17) is 9.84 Å². The Hall–Kier alpha value is -1.67. The van der Waals surface area contributed by atoms with E-state index < -0.39 is 30.2 Å². The van der Waals surface area contributed by atoms with E-state index in [0.717, 1.165) is 0 Å². The number of hydrogen-bond acceptors (Lipinski definition) is 6. The van der Waals surface area contributed by atoms with Gasteiger partial charge < -0.3 is 30.3 Å². The first-order valence-corrected chi connectivity index (χ1v) is 7.44. The minimum atomic E-state index is -1.32. The minimum Gasteiger partial charge on any atom is -0.496 e. The van der Waals surface area contributed by atoms with Gasteiger partial charge in [0.05, 0.1) is 24.9 Å². The first-order chi connectivity index (χ1) is 10.9. The van der Waals surface area contributed by atoms with Gasteiger partial charge in [-0.3, -0.25) is 0 Å². The van der Waals surface area contributed by atoms with E-state index in [2.05, 4.69) is 0 Å². The number of carboxylic acid groups (broad SMARTS) is 1. The van der Waals surface area contributed by atoms with Gasteiger partial charge in [-0.05, 0) is 36.5 Å². The van der Waals surface area contributed by atoms with Crippen LogP contribution in [-0.2, 0) is 6.42 Å². The number of aromatic carboxylic acids is 1. The molecule has 7 nitrogen and oxygen atoms in total. The number of aliphatic hydroxyl groups excluding tert-OH is 4. The Morgan fingerprint density at radius 1 is 1.17 bits per heavy atom. The standard InChI is InChI=1S/C16H22O7/c1-23-12-6-9(16(21)22)3-2-8(12)4-10-5-11(7-17)14(19)15(20)13(10)18/h2-3,6,10-11,13-15,17-20H,4-5,7H2,1H3,(H,21,22)/t10-,11?,13?,14-,15+/m1/s1. The predicted molar refractivity (Wildman–Crippen MR) is 80.4 cm³/mol. The number of carbonyl (C=O) groups is 1. The summed E-state index contributed by atoms with van der Waals surface area (Å²) in [5.41, 5.74) is 0.792. The number of methoxy groups -OCH3 is 1. The highest BCUT2D eigenvalue weighted by molar-refractivity contribution is 5.88. The average molecular weight is 326 g/mol. The second-order valence-corrected chi connectivity index (χ2v) is 5.95. The quantitative estimate of drug-likeness (QED) is 0.500. The number of aliphatic hydroxyl groups is 4. The predicted octanol–water partition coefficient (Wildman–Crippen LogP) is -0.353. The second kappa shape index (κ2) is 7.27. The Balaban J connectivity index is 2.22. The highest BCUT2D eigenvalue weighted by Crippen LogP contribution is 2.34. The van der Waals surface area contributed by atoms with E-state index in [1.165, 1.54) is 19.2 Å². The molecule has 5 N–H and O–H groups in total. The number of rotatable bonds is 5. The molecule has 23 heavy (non-hydrogen) atoms. The van der Waals surface area contributed by atoms with Crippen LogP contribution in [0, 0.1) is 11.8 Å². The Labute approximate surface area is 133 Å². The third-order valence-electron chi connectivity index (χ3n) is 4.52. The van der Waals surface area contributed by atoms with E-state index >= 15 is 0 Å². The van der Waals surface area contributed by atoms with Gasteiger partial charge >= 0.3 is 5.97 Å². The maximum atomic E-state index is 11.0. The smallest absolute Gasteiger partial charge is 0.335 e. The van der Waals surface area contributed by atoms with Crippen molar-refractivity contribution in [2.75, 3.05) is 13.7 Å². The normalized spacial score (nSPS) is 30.9. The molecule has 1 fully saturated rings. The summed E-state index contributed by atoms with van der Waals surface area (Å²) >= 11 is 0. The molecule has 0 aromatic heterocycles. The van der Waals surface area contributed by atoms with E-state index in [0.29, 0.717) is 24.2 Å². The summed E-state index contributed by atoms with van der Waals surface area (Å²) < 4.78 is 5.21. The van der Waals surface area contributed by atoms with Crippen molar-refractivity contribution >= 4 is 5.97 Å². The molecule has 0 amide bonds. The Morgan fingerprint density at radius 3 is 2.39 bits per heavy atom. The van der Waals surface area contributed by atoms with Gasteiger partial charge in [-0.15, -0.1) is 0 Å². The largest absolute Gasteiger partial charge is 0.496 e. The average Bonchev–Trinajstić information content (AvgIpc) is 2.55. The Kier molecular flexibility index (Phi) is 5.59. The molecule has 1 aliphatic rings. The van der Waals surface area contributed by atoms with Crippen molar-refractivity contribution in [3.8, 4) is 5.75 Å². The zero-order chi connectivity index (χ0) is 17.1. The van der Waals surface area contributed by atoms with Crippen LogP contribution in [0.15, 0.2) is 18.2 Å². The lowest BCUT2D eigenvalue weighted by Gasteiger charge is -2.40. The Bertz CT molecular complexity index is 557. The van der Waals surface area contributed by atoms with Crippen LogP contribution in [0.4, 0.5) is 0 Å². The molecule has 1 aromatic rings. The summed E-state index contributed by atoms with van der Waals surface area (Å²) in [6.07, 6.45) is -2.93. The fourth-order valence-corrected chi connectivity index (χ4v) is 3.14. The number of ether oxygens (including phenoxy) is 1. The van der Waals surface area contributed by atoms with Crippen LogP contribution in [0.5, 0.6) is 5.75 Å². The van der Waals surface area contributed by atoms with Crippen LogP contribution in [0.2, 0.25) is 0 Å².